The van der Waals surface area contributed by atoms with Crippen LogP contribution in [0.25, 0.3) is 0 Å². The molecule has 0 spiro atoms. The Balaban J connectivity index is 3.98. The first-order valence-corrected chi connectivity index (χ1v) is 7.13. The monoisotopic (exact) mass is 246 g/mol. The van der Waals surface area contributed by atoms with Crippen molar-refractivity contribution in [2.75, 3.05) is 19.8 Å². The molecule has 0 aliphatic heterocycles. The molecule has 17 heavy (non-hydrogen) atoms. The maximum atomic E-state index is 5.75. The van der Waals surface area contributed by atoms with Crippen LogP contribution in [0.15, 0.2) is 0 Å². The average Bonchev–Trinajstić information content (AvgIpc) is 2.30. The summed E-state index contributed by atoms with van der Waals surface area (Å²) in [5.41, 5.74) is 0. The van der Waals surface area contributed by atoms with Gasteiger partial charge < -0.3 is 14.2 Å². The van der Waals surface area contributed by atoms with Crippen LogP contribution in [0.3, 0.4) is 0 Å². The lowest BCUT2D eigenvalue weighted by atomic mass is 10.1. The van der Waals surface area contributed by atoms with Crippen LogP contribution in [0.5, 0.6) is 0 Å². The molecule has 0 aliphatic rings. The summed E-state index contributed by atoms with van der Waals surface area (Å²) in [5.74, 6) is 0. The second-order valence-corrected chi connectivity index (χ2v) is 4.15. The van der Waals surface area contributed by atoms with E-state index in [0.717, 1.165) is 19.4 Å². The van der Waals surface area contributed by atoms with E-state index < -0.39 is 0 Å². The first kappa shape index (κ1) is 16.9. The summed E-state index contributed by atoms with van der Waals surface area (Å²) in [6.07, 6.45) is 5.87. The Morgan fingerprint density at radius 3 is 1.82 bits per heavy atom. The van der Waals surface area contributed by atoms with E-state index in [1.807, 2.05) is 20.8 Å². The zero-order chi connectivity index (χ0) is 12.9. The van der Waals surface area contributed by atoms with Crippen molar-refractivity contribution in [2.24, 2.45) is 0 Å². The third-order valence-corrected chi connectivity index (χ3v) is 2.69. The van der Waals surface area contributed by atoms with Gasteiger partial charge in [0.1, 0.15) is 0 Å². The lowest BCUT2D eigenvalue weighted by Crippen LogP contribution is -2.26. The van der Waals surface area contributed by atoms with Gasteiger partial charge >= 0.3 is 0 Å². The SMILES string of the molecule is CCCCCC(CC(OCC)OCC)OCC. The van der Waals surface area contributed by atoms with Crippen molar-refractivity contribution in [3.05, 3.63) is 0 Å². The highest BCUT2D eigenvalue weighted by Gasteiger charge is 2.16. The topological polar surface area (TPSA) is 27.7 Å². The van der Waals surface area contributed by atoms with Crippen molar-refractivity contribution < 1.29 is 14.2 Å². The van der Waals surface area contributed by atoms with E-state index in [4.69, 9.17) is 14.2 Å². The molecule has 1 atom stereocenters. The molecule has 0 N–H and O–H groups in total. The van der Waals surface area contributed by atoms with Crippen molar-refractivity contribution in [1.29, 1.82) is 0 Å². The molecule has 0 aromatic rings. The van der Waals surface area contributed by atoms with Gasteiger partial charge in [-0.25, -0.2) is 0 Å². The van der Waals surface area contributed by atoms with E-state index in [1.54, 1.807) is 0 Å². The summed E-state index contributed by atoms with van der Waals surface area (Å²) >= 11 is 0. The van der Waals surface area contributed by atoms with Gasteiger partial charge in [0.25, 0.3) is 0 Å². The zero-order valence-corrected chi connectivity index (χ0v) is 12.0. The van der Waals surface area contributed by atoms with Gasteiger partial charge in [0, 0.05) is 26.2 Å². The molecule has 0 heterocycles. The van der Waals surface area contributed by atoms with Crippen molar-refractivity contribution >= 4 is 0 Å². The molecule has 0 aromatic heterocycles. The Bertz CT molecular complexity index is 144. The van der Waals surface area contributed by atoms with E-state index in [9.17, 15) is 0 Å². The van der Waals surface area contributed by atoms with Crippen LogP contribution in [0.4, 0.5) is 0 Å². The molecule has 3 nitrogen and oxygen atoms in total. The number of hydrogen-bond acceptors (Lipinski definition) is 3. The Morgan fingerprint density at radius 1 is 0.765 bits per heavy atom. The van der Waals surface area contributed by atoms with Crippen LogP contribution in [-0.4, -0.2) is 32.2 Å². The van der Waals surface area contributed by atoms with Crippen LogP contribution in [0.1, 0.15) is 59.8 Å². The zero-order valence-electron chi connectivity index (χ0n) is 12.0. The second kappa shape index (κ2) is 12.3. The Morgan fingerprint density at radius 2 is 1.35 bits per heavy atom. The Kier molecular flexibility index (Phi) is 12.3. The molecular formula is C14H30O3. The fourth-order valence-corrected chi connectivity index (χ4v) is 1.90. The number of hydrogen-bond donors (Lipinski definition) is 0. The third-order valence-electron chi connectivity index (χ3n) is 2.69. The van der Waals surface area contributed by atoms with Gasteiger partial charge in [-0.3, -0.25) is 0 Å². The van der Waals surface area contributed by atoms with Crippen LogP contribution < -0.4 is 0 Å². The minimum absolute atomic E-state index is 0.108. The Hall–Kier alpha value is -0.120. The smallest absolute Gasteiger partial charge is 0.160 e. The molecule has 0 bridgehead atoms. The highest BCUT2D eigenvalue weighted by molar-refractivity contribution is 4.61. The molecule has 0 saturated carbocycles. The van der Waals surface area contributed by atoms with Crippen LogP contribution in [-0.2, 0) is 14.2 Å². The van der Waals surface area contributed by atoms with Crippen molar-refractivity contribution in [1.82, 2.24) is 0 Å². The molecule has 0 aromatic carbocycles. The number of ether oxygens (including phenoxy) is 3. The van der Waals surface area contributed by atoms with E-state index in [0.29, 0.717) is 13.2 Å². The molecule has 0 aliphatic carbocycles. The lowest BCUT2D eigenvalue weighted by Gasteiger charge is -2.23. The van der Waals surface area contributed by atoms with E-state index >= 15 is 0 Å². The van der Waals surface area contributed by atoms with Crippen molar-refractivity contribution in [3.8, 4) is 0 Å². The van der Waals surface area contributed by atoms with Gasteiger partial charge in [0.15, 0.2) is 6.29 Å². The number of rotatable bonds is 12. The molecule has 0 amide bonds. The second-order valence-electron chi connectivity index (χ2n) is 4.15. The fourth-order valence-electron chi connectivity index (χ4n) is 1.90. The maximum absolute atomic E-state index is 5.75. The summed E-state index contributed by atoms with van der Waals surface area (Å²) in [6, 6.07) is 0. The lowest BCUT2D eigenvalue weighted by molar-refractivity contribution is -0.157. The van der Waals surface area contributed by atoms with Gasteiger partial charge in [0.2, 0.25) is 0 Å². The standard InChI is InChI=1S/C14H30O3/c1-5-9-10-11-13(15-6-2)12-14(16-7-3)17-8-4/h13-14H,5-12H2,1-4H3. The van der Waals surface area contributed by atoms with Crippen molar-refractivity contribution in [2.45, 2.75) is 72.2 Å². The first-order valence-electron chi connectivity index (χ1n) is 7.13. The minimum atomic E-state index is -0.108. The maximum Gasteiger partial charge on any atom is 0.160 e. The average molecular weight is 246 g/mol. The summed E-state index contributed by atoms with van der Waals surface area (Å²) in [5, 5.41) is 0. The molecule has 0 radical (unpaired) electrons. The molecule has 0 rings (SSSR count). The minimum Gasteiger partial charge on any atom is -0.378 e. The summed E-state index contributed by atoms with van der Waals surface area (Å²) in [6.45, 7) is 10.4. The predicted octanol–water partition coefficient (Wildman–Crippen LogP) is 3.76. The molecular weight excluding hydrogens is 216 g/mol. The molecule has 0 saturated heterocycles. The van der Waals surface area contributed by atoms with Crippen molar-refractivity contribution in [3.63, 3.8) is 0 Å². The Labute approximate surface area is 107 Å². The molecule has 104 valence electrons. The largest absolute Gasteiger partial charge is 0.378 e. The van der Waals surface area contributed by atoms with Gasteiger partial charge in [-0.2, -0.15) is 0 Å². The van der Waals surface area contributed by atoms with Gasteiger partial charge in [-0.15, -0.1) is 0 Å². The number of unbranched alkanes of at least 4 members (excludes halogenated alkanes) is 2. The molecule has 0 fully saturated rings. The fraction of sp³-hybridized carbons (Fsp3) is 1.00. The normalized spacial score (nSPS) is 13.2. The van der Waals surface area contributed by atoms with E-state index in [2.05, 4.69) is 6.92 Å². The van der Waals surface area contributed by atoms with Gasteiger partial charge in [0.05, 0.1) is 6.10 Å². The summed E-state index contributed by atoms with van der Waals surface area (Å²) in [7, 11) is 0. The van der Waals surface area contributed by atoms with Crippen LogP contribution in [0, 0.1) is 0 Å². The summed E-state index contributed by atoms with van der Waals surface area (Å²) < 4.78 is 16.9. The summed E-state index contributed by atoms with van der Waals surface area (Å²) in [4.78, 5) is 0. The molecule has 1 unspecified atom stereocenters. The van der Waals surface area contributed by atoms with Crippen LogP contribution >= 0.6 is 0 Å². The first-order chi connectivity index (χ1) is 8.28. The molecule has 3 heteroatoms. The highest BCUT2D eigenvalue weighted by atomic mass is 16.7. The van der Waals surface area contributed by atoms with Gasteiger partial charge in [-0.1, -0.05) is 26.2 Å². The third kappa shape index (κ3) is 9.57. The van der Waals surface area contributed by atoms with Crippen LogP contribution in [0.2, 0.25) is 0 Å². The quantitative estimate of drug-likeness (QED) is 0.387. The van der Waals surface area contributed by atoms with Gasteiger partial charge in [-0.05, 0) is 27.2 Å². The predicted molar refractivity (Wildman–Crippen MR) is 71.2 cm³/mol. The highest BCUT2D eigenvalue weighted by Crippen LogP contribution is 2.15. The van der Waals surface area contributed by atoms with E-state index in [1.165, 1.54) is 19.3 Å². The van der Waals surface area contributed by atoms with E-state index in [-0.39, 0.29) is 12.4 Å².